The zero-order valence-corrected chi connectivity index (χ0v) is 18.5. The third-order valence-electron chi connectivity index (χ3n) is 4.78. The molecule has 2 heterocycles. The molecular weight excluding hydrogens is 414 g/mol. The van der Waals surface area contributed by atoms with Gasteiger partial charge in [-0.1, -0.05) is 60.1 Å². The first kappa shape index (κ1) is 21.1. The number of amides is 1. The molecule has 1 unspecified atom stereocenters. The van der Waals surface area contributed by atoms with Crippen LogP contribution in [0.4, 0.5) is 10.6 Å². The molecule has 1 aliphatic rings. The summed E-state index contributed by atoms with van der Waals surface area (Å²) in [6, 6.07) is 18.7. The maximum absolute atomic E-state index is 13.1. The molecule has 31 heavy (non-hydrogen) atoms. The Morgan fingerprint density at radius 1 is 1.06 bits per heavy atom. The Morgan fingerprint density at radius 2 is 1.71 bits per heavy atom. The Morgan fingerprint density at radius 3 is 2.35 bits per heavy atom. The number of rotatable bonds is 4. The van der Waals surface area contributed by atoms with Gasteiger partial charge in [-0.15, -0.1) is 0 Å². The van der Waals surface area contributed by atoms with Crippen LogP contribution in [0.25, 0.3) is 11.4 Å². The van der Waals surface area contributed by atoms with Crippen molar-refractivity contribution in [1.82, 2.24) is 9.97 Å². The number of aromatic nitrogens is 2. The van der Waals surface area contributed by atoms with E-state index in [0.717, 1.165) is 11.3 Å². The minimum atomic E-state index is -0.649. The molecule has 0 aliphatic carbocycles. The van der Waals surface area contributed by atoms with Crippen molar-refractivity contribution in [1.29, 1.82) is 0 Å². The van der Waals surface area contributed by atoms with Crippen molar-refractivity contribution in [3.63, 3.8) is 0 Å². The first-order chi connectivity index (χ1) is 14.8. The summed E-state index contributed by atoms with van der Waals surface area (Å²) in [7, 11) is 0. The number of halogens is 1. The average molecular weight is 438 g/mol. The van der Waals surface area contributed by atoms with Gasteiger partial charge in [0.25, 0.3) is 0 Å². The van der Waals surface area contributed by atoms with E-state index >= 15 is 0 Å². The third-order valence-corrected chi connectivity index (χ3v) is 5.09. The molecule has 3 aromatic rings. The molecule has 7 heteroatoms. The van der Waals surface area contributed by atoms with Gasteiger partial charge < -0.3 is 9.47 Å². The fourth-order valence-electron chi connectivity index (χ4n) is 3.43. The van der Waals surface area contributed by atoms with Crippen LogP contribution in [-0.2, 0) is 11.2 Å². The molecule has 6 nitrogen and oxygen atoms in total. The number of carbonyl (C=O) groups excluding carboxylic acids is 1. The second kappa shape index (κ2) is 8.55. The fourth-order valence-corrected chi connectivity index (χ4v) is 3.67. The van der Waals surface area contributed by atoms with E-state index in [1.54, 1.807) is 4.90 Å². The van der Waals surface area contributed by atoms with Gasteiger partial charge in [0.05, 0.1) is 6.04 Å². The molecule has 1 aromatic heterocycles. The van der Waals surface area contributed by atoms with E-state index < -0.39 is 11.7 Å². The summed E-state index contributed by atoms with van der Waals surface area (Å²) in [5.41, 5.74) is 0.887. The van der Waals surface area contributed by atoms with Crippen LogP contribution in [0.3, 0.4) is 0 Å². The number of nitrogens with zero attached hydrogens (tertiary/aromatic N) is 3. The Bertz CT molecular complexity index is 1070. The van der Waals surface area contributed by atoms with Gasteiger partial charge in [0.15, 0.2) is 5.82 Å². The van der Waals surface area contributed by atoms with Crippen molar-refractivity contribution in [2.24, 2.45) is 0 Å². The van der Waals surface area contributed by atoms with Crippen molar-refractivity contribution in [2.75, 3.05) is 11.5 Å². The van der Waals surface area contributed by atoms with Crippen LogP contribution in [0.15, 0.2) is 60.7 Å². The average Bonchev–Trinajstić information content (AvgIpc) is 3.11. The SMILES string of the molecule is CC(C)(C)OC(=O)N1c2nc(-c3ccccc3)nc(Cl)c2CC1COc1ccccc1. The van der Waals surface area contributed by atoms with Crippen molar-refractivity contribution < 1.29 is 14.3 Å². The molecule has 0 fully saturated rings. The van der Waals surface area contributed by atoms with Gasteiger partial charge in [-0.05, 0) is 32.9 Å². The standard InChI is InChI=1S/C24H24ClN3O3/c1-24(2,3)31-23(29)28-17(15-30-18-12-8-5-9-13-18)14-19-20(25)26-21(27-22(19)28)16-10-6-4-7-11-16/h4-13,17H,14-15H2,1-3H3. The fraction of sp³-hybridized carbons (Fsp3) is 0.292. The predicted molar refractivity (Wildman–Crippen MR) is 121 cm³/mol. The second-order valence-corrected chi connectivity index (χ2v) is 8.70. The molecule has 0 radical (unpaired) electrons. The number of para-hydroxylation sites is 1. The summed E-state index contributed by atoms with van der Waals surface area (Å²) in [5.74, 6) is 1.65. The van der Waals surface area contributed by atoms with Gasteiger partial charge in [-0.25, -0.2) is 14.8 Å². The van der Waals surface area contributed by atoms with Crippen LogP contribution in [0.1, 0.15) is 26.3 Å². The number of benzene rings is 2. The molecule has 1 atom stereocenters. The van der Waals surface area contributed by atoms with E-state index in [4.69, 9.17) is 26.1 Å². The van der Waals surface area contributed by atoms with E-state index in [0.29, 0.717) is 28.8 Å². The van der Waals surface area contributed by atoms with Crippen LogP contribution >= 0.6 is 11.6 Å². The lowest BCUT2D eigenvalue weighted by Crippen LogP contribution is -2.44. The number of carbonyl (C=O) groups is 1. The second-order valence-electron chi connectivity index (χ2n) is 8.34. The Balaban J connectivity index is 1.69. The van der Waals surface area contributed by atoms with E-state index in [2.05, 4.69) is 4.98 Å². The van der Waals surface area contributed by atoms with Gasteiger partial charge in [0.2, 0.25) is 0 Å². The summed E-state index contributed by atoms with van der Waals surface area (Å²) in [4.78, 5) is 23.9. The molecule has 160 valence electrons. The van der Waals surface area contributed by atoms with Gasteiger partial charge in [0.1, 0.15) is 28.9 Å². The highest BCUT2D eigenvalue weighted by Crippen LogP contribution is 2.37. The minimum absolute atomic E-state index is 0.274. The predicted octanol–water partition coefficient (Wildman–Crippen LogP) is 5.54. The van der Waals surface area contributed by atoms with Crippen molar-refractivity contribution in [3.8, 4) is 17.1 Å². The normalized spacial score (nSPS) is 15.5. The summed E-state index contributed by atoms with van der Waals surface area (Å²) in [6.07, 6.45) is -0.00309. The molecule has 2 aromatic carbocycles. The molecule has 0 spiro atoms. The quantitative estimate of drug-likeness (QED) is 0.501. The largest absolute Gasteiger partial charge is 0.491 e. The zero-order chi connectivity index (χ0) is 22.0. The maximum atomic E-state index is 13.1. The first-order valence-corrected chi connectivity index (χ1v) is 10.5. The van der Waals surface area contributed by atoms with Crippen molar-refractivity contribution in [3.05, 3.63) is 71.4 Å². The lowest BCUT2D eigenvalue weighted by Gasteiger charge is -2.28. The molecule has 0 N–H and O–H groups in total. The molecule has 0 bridgehead atoms. The highest BCUT2D eigenvalue weighted by atomic mass is 35.5. The summed E-state index contributed by atoms with van der Waals surface area (Å²) in [5, 5.41) is 0.333. The molecular formula is C24H24ClN3O3. The molecule has 0 saturated carbocycles. The topological polar surface area (TPSA) is 64.5 Å². The molecule has 0 saturated heterocycles. The lowest BCUT2D eigenvalue weighted by atomic mass is 10.1. The van der Waals surface area contributed by atoms with Crippen LogP contribution in [0.2, 0.25) is 5.15 Å². The van der Waals surface area contributed by atoms with E-state index in [1.165, 1.54) is 0 Å². The molecule has 1 aliphatic heterocycles. The van der Waals surface area contributed by atoms with E-state index in [-0.39, 0.29) is 12.6 Å². The van der Waals surface area contributed by atoms with Crippen molar-refractivity contribution >= 4 is 23.5 Å². The summed E-state index contributed by atoms with van der Waals surface area (Å²) < 4.78 is 11.6. The van der Waals surface area contributed by atoms with Gasteiger partial charge in [-0.2, -0.15) is 0 Å². The van der Waals surface area contributed by atoms with Crippen LogP contribution < -0.4 is 9.64 Å². The number of anilines is 1. The smallest absolute Gasteiger partial charge is 0.416 e. The monoisotopic (exact) mass is 437 g/mol. The van der Waals surface area contributed by atoms with Crippen molar-refractivity contribution in [2.45, 2.75) is 38.8 Å². The van der Waals surface area contributed by atoms with Gasteiger partial charge in [0, 0.05) is 17.5 Å². The maximum Gasteiger partial charge on any atom is 0.416 e. The van der Waals surface area contributed by atoms with Gasteiger partial charge in [-0.3, -0.25) is 4.90 Å². The highest BCUT2D eigenvalue weighted by Gasteiger charge is 2.40. The van der Waals surface area contributed by atoms with Crippen LogP contribution in [0.5, 0.6) is 5.75 Å². The molecule has 1 amide bonds. The minimum Gasteiger partial charge on any atom is -0.491 e. The number of hydrogen-bond donors (Lipinski definition) is 0. The van der Waals surface area contributed by atoms with Crippen LogP contribution in [-0.4, -0.2) is 34.3 Å². The van der Waals surface area contributed by atoms with E-state index in [1.807, 2.05) is 81.4 Å². The third kappa shape index (κ3) is 4.80. The first-order valence-electron chi connectivity index (χ1n) is 10.1. The Kier molecular flexibility index (Phi) is 5.83. The van der Waals surface area contributed by atoms with E-state index in [9.17, 15) is 4.79 Å². The Hall–Kier alpha value is -3.12. The Labute approximate surface area is 186 Å². The number of ether oxygens (including phenoxy) is 2. The highest BCUT2D eigenvalue weighted by molar-refractivity contribution is 6.30. The van der Waals surface area contributed by atoms with Gasteiger partial charge >= 0.3 is 6.09 Å². The summed E-state index contributed by atoms with van der Waals surface area (Å²) in [6.45, 7) is 5.77. The zero-order valence-electron chi connectivity index (χ0n) is 17.7. The molecule has 4 rings (SSSR count). The number of hydrogen-bond acceptors (Lipinski definition) is 5. The summed E-state index contributed by atoms with van der Waals surface area (Å²) >= 11 is 6.54. The lowest BCUT2D eigenvalue weighted by molar-refractivity contribution is 0.0559. The van der Waals surface area contributed by atoms with Crippen LogP contribution in [0, 0.1) is 0 Å². The number of fused-ring (bicyclic) bond motifs is 1.